The van der Waals surface area contributed by atoms with Gasteiger partial charge in [0.1, 0.15) is 6.04 Å². The monoisotopic (exact) mass is 378 g/mol. The van der Waals surface area contributed by atoms with Crippen molar-refractivity contribution in [1.29, 1.82) is 0 Å². The summed E-state index contributed by atoms with van der Waals surface area (Å²) in [6.45, 7) is 2.14. The van der Waals surface area contributed by atoms with Crippen molar-refractivity contribution in [1.82, 2.24) is 9.96 Å². The summed E-state index contributed by atoms with van der Waals surface area (Å²) in [5, 5.41) is 0.443. The molecule has 1 atom stereocenters. The van der Waals surface area contributed by atoms with E-state index >= 15 is 0 Å². The first-order valence-corrected chi connectivity index (χ1v) is 9.58. The van der Waals surface area contributed by atoms with Gasteiger partial charge in [0, 0.05) is 25.0 Å². The van der Waals surface area contributed by atoms with Crippen LogP contribution in [0.25, 0.3) is 0 Å². The minimum absolute atomic E-state index is 0.0162. The predicted octanol–water partition coefficient (Wildman–Crippen LogP) is 2.03. The van der Waals surface area contributed by atoms with E-state index in [-0.39, 0.29) is 19.3 Å². The van der Waals surface area contributed by atoms with E-state index in [1.54, 1.807) is 0 Å². The highest BCUT2D eigenvalue weighted by atomic mass is 16.7. The summed E-state index contributed by atoms with van der Waals surface area (Å²) in [6.07, 6.45) is 9.51. The van der Waals surface area contributed by atoms with Crippen molar-refractivity contribution >= 4 is 29.6 Å². The molecule has 8 heteroatoms. The van der Waals surface area contributed by atoms with E-state index < -0.39 is 35.6 Å². The lowest BCUT2D eigenvalue weighted by molar-refractivity contribution is -0.201. The lowest BCUT2D eigenvalue weighted by Crippen LogP contribution is -2.48. The molecule has 1 saturated heterocycles. The number of nitrogens with zero attached hydrogens (tertiary/aromatic N) is 2. The summed E-state index contributed by atoms with van der Waals surface area (Å²) >= 11 is 0. The Hall–Kier alpha value is -2.51. The number of amides is 4. The number of carbonyl (C=O) groups excluding carboxylic acids is 5. The maximum Gasteiger partial charge on any atom is 0.355 e. The zero-order valence-electron chi connectivity index (χ0n) is 15.6. The summed E-state index contributed by atoms with van der Waals surface area (Å²) < 4.78 is 0. The summed E-state index contributed by atoms with van der Waals surface area (Å²) in [4.78, 5) is 65.5. The molecule has 27 heavy (non-hydrogen) atoms. The van der Waals surface area contributed by atoms with Crippen LogP contribution in [-0.2, 0) is 28.8 Å². The van der Waals surface area contributed by atoms with Crippen LogP contribution in [0.3, 0.4) is 0 Å². The molecule has 0 aromatic carbocycles. The van der Waals surface area contributed by atoms with E-state index in [0.29, 0.717) is 11.5 Å². The van der Waals surface area contributed by atoms with Crippen molar-refractivity contribution in [2.45, 2.75) is 77.2 Å². The Morgan fingerprint density at radius 2 is 1.44 bits per heavy atom. The molecule has 0 radical (unpaired) electrons. The van der Waals surface area contributed by atoms with Crippen LogP contribution < -0.4 is 0 Å². The third-order valence-corrected chi connectivity index (χ3v) is 4.70. The van der Waals surface area contributed by atoms with Gasteiger partial charge in [0.2, 0.25) is 0 Å². The van der Waals surface area contributed by atoms with Gasteiger partial charge in [-0.15, -0.1) is 5.06 Å². The molecule has 0 spiro atoms. The Labute approximate surface area is 158 Å². The highest BCUT2D eigenvalue weighted by Crippen LogP contribution is 2.20. The first-order valence-electron chi connectivity index (χ1n) is 9.58. The van der Waals surface area contributed by atoms with Crippen LogP contribution >= 0.6 is 0 Å². The molecule has 1 fully saturated rings. The fourth-order valence-electron chi connectivity index (χ4n) is 3.17. The number of hydrogen-bond donors (Lipinski definition) is 0. The van der Waals surface area contributed by atoms with Gasteiger partial charge in [0.15, 0.2) is 0 Å². The smallest absolute Gasteiger partial charge is 0.328 e. The molecule has 2 heterocycles. The van der Waals surface area contributed by atoms with Crippen LogP contribution in [0.2, 0.25) is 0 Å². The lowest BCUT2D eigenvalue weighted by Gasteiger charge is -2.25. The second-order valence-electron chi connectivity index (χ2n) is 6.80. The van der Waals surface area contributed by atoms with E-state index in [4.69, 9.17) is 4.84 Å². The van der Waals surface area contributed by atoms with E-state index in [9.17, 15) is 24.0 Å². The minimum Gasteiger partial charge on any atom is -0.328 e. The molecule has 0 saturated carbocycles. The molecule has 2 rings (SSSR count). The van der Waals surface area contributed by atoms with E-state index in [1.165, 1.54) is 6.42 Å². The van der Waals surface area contributed by atoms with Crippen LogP contribution in [0.5, 0.6) is 0 Å². The summed E-state index contributed by atoms with van der Waals surface area (Å²) in [5.41, 5.74) is 0. The molecular formula is C19H26N2O6. The quantitative estimate of drug-likeness (QED) is 0.403. The van der Waals surface area contributed by atoms with Crippen LogP contribution in [0, 0.1) is 0 Å². The van der Waals surface area contributed by atoms with Gasteiger partial charge in [-0.25, -0.2) is 4.79 Å². The number of imide groups is 2. The zero-order valence-corrected chi connectivity index (χ0v) is 15.6. The Morgan fingerprint density at radius 1 is 0.926 bits per heavy atom. The fourth-order valence-corrected chi connectivity index (χ4v) is 3.17. The molecule has 0 aliphatic carbocycles. The molecular weight excluding hydrogens is 352 g/mol. The van der Waals surface area contributed by atoms with Gasteiger partial charge >= 0.3 is 5.97 Å². The second-order valence-corrected chi connectivity index (χ2v) is 6.80. The van der Waals surface area contributed by atoms with Crippen LogP contribution in [0.4, 0.5) is 0 Å². The van der Waals surface area contributed by atoms with Crippen molar-refractivity contribution in [2.75, 3.05) is 0 Å². The third-order valence-electron chi connectivity index (χ3n) is 4.70. The molecule has 0 N–H and O–H groups in total. The second kappa shape index (κ2) is 9.99. The first-order chi connectivity index (χ1) is 13.0. The Morgan fingerprint density at radius 3 is 2.00 bits per heavy atom. The van der Waals surface area contributed by atoms with Gasteiger partial charge in [-0.3, -0.25) is 24.1 Å². The number of unbranched alkanes of at least 4 members (excludes halogenated alkanes) is 6. The Bertz CT molecular complexity index is 608. The van der Waals surface area contributed by atoms with E-state index in [2.05, 4.69) is 6.92 Å². The van der Waals surface area contributed by atoms with Crippen molar-refractivity contribution in [3.63, 3.8) is 0 Å². The van der Waals surface area contributed by atoms with Crippen LogP contribution in [0.15, 0.2) is 12.2 Å². The Kier molecular flexibility index (Phi) is 7.69. The topological polar surface area (TPSA) is 101 Å². The normalized spacial score (nSPS) is 18.0. The standard InChI is InChI=1S/C19H26N2O6/c1-2-3-4-5-6-7-8-9-14(20-15(22)10-11-16(20)23)19(26)27-21-17(24)12-13-18(21)25/h10-11,14H,2-9,12-13H2,1H3. The highest BCUT2D eigenvalue weighted by Gasteiger charge is 2.40. The number of hydrogen-bond acceptors (Lipinski definition) is 6. The molecule has 0 aromatic heterocycles. The van der Waals surface area contributed by atoms with Gasteiger partial charge in [-0.2, -0.15) is 0 Å². The molecule has 148 valence electrons. The third kappa shape index (κ3) is 5.48. The highest BCUT2D eigenvalue weighted by molar-refractivity contribution is 6.15. The van der Waals surface area contributed by atoms with Gasteiger partial charge in [-0.05, 0) is 6.42 Å². The van der Waals surface area contributed by atoms with Gasteiger partial charge in [-0.1, -0.05) is 51.9 Å². The average molecular weight is 378 g/mol. The molecule has 8 nitrogen and oxygen atoms in total. The van der Waals surface area contributed by atoms with Crippen LogP contribution in [-0.4, -0.2) is 45.6 Å². The SMILES string of the molecule is CCCCCCCCCC(C(=O)ON1C(=O)CCC1=O)N1C(=O)C=CC1=O. The predicted molar refractivity (Wildman–Crippen MR) is 94.6 cm³/mol. The van der Waals surface area contributed by atoms with Crippen molar-refractivity contribution < 1.29 is 28.8 Å². The first kappa shape index (κ1) is 20.8. The minimum atomic E-state index is -1.14. The molecule has 4 amide bonds. The van der Waals surface area contributed by atoms with Gasteiger partial charge in [0.05, 0.1) is 0 Å². The molecule has 1 unspecified atom stereocenters. The number of rotatable bonds is 11. The molecule has 2 aliphatic heterocycles. The van der Waals surface area contributed by atoms with E-state index in [0.717, 1.165) is 49.2 Å². The van der Waals surface area contributed by atoms with Gasteiger partial charge < -0.3 is 4.84 Å². The average Bonchev–Trinajstić information content (AvgIpc) is 3.13. The fraction of sp³-hybridized carbons (Fsp3) is 0.632. The van der Waals surface area contributed by atoms with Crippen LogP contribution in [0.1, 0.15) is 71.1 Å². The van der Waals surface area contributed by atoms with Crippen molar-refractivity contribution in [3.8, 4) is 0 Å². The summed E-state index contributed by atoms with van der Waals surface area (Å²) in [7, 11) is 0. The van der Waals surface area contributed by atoms with Crippen molar-refractivity contribution in [3.05, 3.63) is 12.2 Å². The zero-order chi connectivity index (χ0) is 19.8. The summed E-state index contributed by atoms with van der Waals surface area (Å²) in [6, 6.07) is -1.14. The summed E-state index contributed by atoms with van der Waals surface area (Å²) in [5.74, 6) is -3.32. The van der Waals surface area contributed by atoms with E-state index in [1.807, 2.05) is 0 Å². The lowest BCUT2D eigenvalue weighted by atomic mass is 10.0. The molecule has 0 bridgehead atoms. The van der Waals surface area contributed by atoms with Gasteiger partial charge in [0.25, 0.3) is 23.6 Å². The maximum atomic E-state index is 12.5. The number of hydroxylamine groups is 2. The number of carbonyl (C=O) groups is 5. The molecule has 0 aromatic rings. The largest absolute Gasteiger partial charge is 0.355 e. The maximum absolute atomic E-state index is 12.5. The van der Waals surface area contributed by atoms with Crippen molar-refractivity contribution in [2.24, 2.45) is 0 Å². The molecule has 2 aliphatic rings. The Balaban J connectivity index is 1.94.